The topological polar surface area (TPSA) is 112 Å². The molecule has 2 N–H and O–H groups in total. The highest BCUT2D eigenvalue weighted by Crippen LogP contribution is 2.39. The van der Waals surface area contributed by atoms with Crippen LogP contribution < -0.4 is 20.3 Å². The first kappa shape index (κ1) is 26.2. The molecule has 2 aliphatic rings. The van der Waals surface area contributed by atoms with Crippen LogP contribution in [0, 0.1) is 11.3 Å². The van der Waals surface area contributed by atoms with E-state index < -0.39 is 17.7 Å². The number of alkyl halides is 2. The Labute approximate surface area is 234 Å². The normalized spacial score (nSPS) is 17.9. The lowest BCUT2D eigenvalue weighted by molar-refractivity contribution is 0.0428. The summed E-state index contributed by atoms with van der Waals surface area (Å²) < 4.78 is 37.0. The zero-order valence-electron chi connectivity index (χ0n) is 21.8. The highest BCUT2D eigenvalue weighted by Gasteiger charge is 2.45. The Morgan fingerprint density at radius 1 is 1.07 bits per heavy atom. The van der Waals surface area contributed by atoms with Gasteiger partial charge in [-0.15, -0.1) is 0 Å². The van der Waals surface area contributed by atoms with Crippen LogP contribution in [0.3, 0.4) is 0 Å². The first-order valence-electron chi connectivity index (χ1n) is 12.9. The molecule has 2 aliphatic heterocycles. The fraction of sp³-hybridized carbons (Fsp3) is 0.200. The van der Waals surface area contributed by atoms with Gasteiger partial charge in [-0.1, -0.05) is 42.5 Å². The molecular weight excluding hydrogens is 530 g/mol. The van der Waals surface area contributed by atoms with Gasteiger partial charge in [0.05, 0.1) is 36.6 Å². The molecule has 0 radical (unpaired) electrons. The van der Waals surface area contributed by atoms with E-state index in [0.717, 1.165) is 0 Å². The first-order chi connectivity index (χ1) is 19.8. The molecule has 4 aromatic rings. The summed E-state index contributed by atoms with van der Waals surface area (Å²) in [6.45, 7) is 1.02. The van der Waals surface area contributed by atoms with Crippen molar-refractivity contribution in [1.82, 2.24) is 15.1 Å². The van der Waals surface area contributed by atoms with Crippen molar-refractivity contribution in [3.63, 3.8) is 0 Å². The molecule has 0 aliphatic carbocycles. The van der Waals surface area contributed by atoms with Crippen molar-refractivity contribution in [2.24, 2.45) is 0 Å². The third-order valence-electron chi connectivity index (χ3n) is 7.49. The van der Waals surface area contributed by atoms with Gasteiger partial charge in [0.2, 0.25) is 0 Å². The van der Waals surface area contributed by atoms with Gasteiger partial charge in [-0.05, 0) is 30.3 Å². The maximum Gasteiger partial charge on any atom is 0.298 e. The van der Waals surface area contributed by atoms with Crippen LogP contribution in [0.25, 0.3) is 0 Å². The minimum Gasteiger partial charge on any atom is -0.495 e. The second-order valence-electron chi connectivity index (χ2n) is 9.79. The van der Waals surface area contributed by atoms with Crippen LogP contribution in [0.2, 0.25) is 0 Å². The Morgan fingerprint density at radius 3 is 2.49 bits per heavy atom. The van der Waals surface area contributed by atoms with Gasteiger partial charge < -0.3 is 20.3 Å². The third kappa shape index (κ3) is 4.38. The number of nitrogens with zero attached hydrogens (tertiary/aromatic N) is 4. The number of hydrogen-bond donors (Lipinski definition) is 2. The largest absolute Gasteiger partial charge is 0.495 e. The molecule has 1 saturated heterocycles. The van der Waals surface area contributed by atoms with Gasteiger partial charge in [-0.25, -0.2) is 0 Å². The molecule has 11 heteroatoms. The maximum absolute atomic E-state index is 15.1. The Hall–Kier alpha value is -5.08. The predicted molar refractivity (Wildman–Crippen MR) is 146 cm³/mol. The van der Waals surface area contributed by atoms with Crippen molar-refractivity contribution in [1.29, 1.82) is 5.26 Å². The van der Waals surface area contributed by atoms with E-state index in [1.54, 1.807) is 27.8 Å². The lowest BCUT2D eigenvalue weighted by atomic mass is 9.99. The summed E-state index contributed by atoms with van der Waals surface area (Å²) in [5, 5.41) is 19.8. The Bertz CT molecular complexity index is 1680. The van der Waals surface area contributed by atoms with E-state index in [2.05, 4.69) is 15.7 Å². The van der Waals surface area contributed by atoms with E-state index in [9.17, 15) is 14.9 Å². The van der Waals surface area contributed by atoms with Crippen LogP contribution >= 0.6 is 0 Å². The highest BCUT2D eigenvalue weighted by atomic mass is 19.3. The molecule has 41 heavy (non-hydrogen) atoms. The molecule has 0 spiro atoms. The van der Waals surface area contributed by atoms with Crippen LogP contribution in [0.4, 0.5) is 20.2 Å². The molecule has 206 valence electrons. The fourth-order valence-corrected chi connectivity index (χ4v) is 5.43. The van der Waals surface area contributed by atoms with Gasteiger partial charge >= 0.3 is 0 Å². The number of halogens is 2. The van der Waals surface area contributed by atoms with E-state index in [1.807, 2.05) is 6.07 Å². The number of carbonyl (C=O) groups is 2. The molecule has 9 nitrogen and oxygen atoms in total. The number of benzene rings is 3. The molecule has 0 unspecified atom stereocenters. The predicted octanol–water partition coefficient (Wildman–Crippen LogP) is 4.33. The molecule has 3 heterocycles. The zero-order valence-corrected chi connectivity index (χ0v) is 21.8. The standard InChI is InChI=1S/C30H24F2N6O3/c1-41-26-12-7-18(13-19(26)14-33)28(39)36-23-15-35-38-25-17-34-16-24(25)37(29(40)27(23)38)22-10-8-21(9-11-22)30(31,32)20-5-3-2-4-6-20/h2-13,15,24-25,34H,16-17H2,1H3,(H,36,39)/t24-,25-/m0/s1. The zero-order chi connectivity index (χ0) is 28.7. The number of aromatic nitrogens is 2. The molecule has 0 saturated carbocycles. The molecular formula is C30H24F2N6O3. The van der Waals surface area contributed by atoms with Crippen LogP contribution in [0.15, 0.2) is 79.0 Å². The molecule has 0 bridgehead atoms. The number of nitriles is 1. The van der Waals surface area contributed by atoms with E-state index in [4.69, 9.17) is 4.74 Å². The minimum atomic E-state index is -3.20. The van der Waals surface area contributed by atoms with Gasteiger partial charge in [0, 0.05) is 35.5 Å². The number of hydrogen-bond acceptors (Lipinski definition) is 6. The summed E-state index contributed by atoms with van der Waals surface area (Å²) in [5.74, 6) is -3.81. The summed E-state index contributed by atoms with van der Waals surface area (Å²) in [6.07, 6.45) is 1.42. The van der Waals surface area contributed by atoms with E-state index in [-0.39, 0.29) is 45.7 Å². The summed E-state index contributed by atoms with van der Waals surface area (Å²) in [7, 11) is 1.43. The van der Waals surface area contributed by atoms with Crippen molar-refractivity contribution < 1.29 is 23.1 Å². The number of rotatable bonds is 6. The van der Waals surface area contributed by atoms with Gasteiger partial charge in [0.15, 0.2) is 5.69 Å². The van der Waals surface area contributed by atoms with Crippen molar-refractivity contribution in [3.8, 4) is 11.8 Å². The van der Waals surface area contributed by atoms with E-state index >= 15 is 8.78 Å². The van der Waals surface area contributed by atoms with Crippen molar-refractivity contribution in [2.75, 3.05) is 30.4 Å². The van der Waals surface area contributed by atoms with Crippen molar-refractivity contribution >= 4 is 23.2 Å². The molecule has 6 rings (SSSR count). The van der Waals surface area contributed by atoms with Crippen LogP contribution in [0.5, 0.6) is 5.75 Å². The maximum atomic E-state index is 15.1. The summed E-state index contributed by atoms with van der Waals surface area (Å²) in [6, 6.07) is 19.2. The van der Waals surface area contributed by atoms with Gasteiger partial charge in [0.25, 0.3) is 17.7 Å². The van der Waals surface area contributed by atoms with Crippen LogP contribution in [-0.2, 0) is 5.92 Å². The second-order valence-corrected chi connectivity index (χ2v) is 9.79. The number of ether oxygens (including phenoxy) is 1. The number of carbonyl (C=O) groups excluding carboxylic acids is 2. The number of amides is 2. The number of methoxy groups -OCH3 is 1. The second kappa shape index (κ2) is 10.1. The monoisotopic (exact) mass is 554 g/mol. The van der Waals surface area contributed by atoms with Gasteiger partial charge in [-0.2, -0.15) is 19.1 Å². The first-order valence-corrected chi connectivity index (χ1v) is 12.9. The number of fused-ring (bicyclic) bond motifs is 3. The molecule has 1 aromatic heterocycles. The fourth-order valence-electron chi connectivity index (χ4n) is 5.43. The Morgan fingerprint density at radius 2 is 1.78 bits per heavy atom. The summed E-state index contributed by atoms with van der Waals surface area (Å²) in [5.41, 5.74) is 0.934. The molecule has 3 aromatic carbocycles. The molecule has 2 atom stereocenters. The average molecular weight is 555 g/mol. The van der Waals surface area contributed by atoms with E-state index in [0.29, 0.717) is 24.5 Å². The minimum absolute atomic E-state index is 0.120. The Balaban J connectivity index is 1.31. The van der Waals surface area contributed by atoms with Gasteiger partial charge in [-0.3, -0.25) is 14.3 Å². The number of nitrogens with one attached hydrogen (secondary N) is 2. The van der Waals surface area contributed by atoms with Gasteiger partial charge in [0.1, 0.15) is 11.8 Å². The average Bonchev–Trinajstić information content (AvgIpc) is 3.65. The quantitative estimate of drug-likeness (QED) is 0.367. The summed E-state index contributed by atoms with van der Waals surface area (Å²) in [4.78, 5) is 28.6. The Kier molecular flexibility index (Phi) is 6.47. The number of anilines is 2. The third-order valence-corrected chi connectivity index (χ3v) is 7.49. The lowest BCUT2D eigenvalue weighted by Crippen LogP contribution is -2.51. The van der Waals surface area contributed by atoms with E-state index in [1.165, 1.54) is 67.9 Å². The molecule has 2 amide bonds. The molecule has 1 fully saturated rings. The SMILES string of the molecule is COc1ccc(C(=O)Nc2cnn3c2C(=O)N(c2ccc(C(F)(F)c4ccccc4)cc2)[C@H]2CNC[C@@H]23)cc1C#N. The highest BCUT2D eigenvalue weighted by molar-refractivity contribution is 6.13. The lowest BCUT2D eigenvalue weighted by Gasteiger charge is -2.37. The van der Waals surface area contributed by atoms with Crippen molar-refractivity contribution in [3.05, 3.63) is 107 Å². The van der Waals surface area contributed by atoms with Crippen LogP contribution in [0.1, 0.15) is 43.6 Å². The van der Waals surface area contributed by atoms with Crippen LogP contribution in [-0.4, -0.2) is 47.8 Å². The smallest absolute Gasteiger partial charge is 0.298 e. The summed E-state index contributed by atoms with van der Waals surface area (Å²) >= 11 is 0. The van der Waals surface area contributed by atoms with Crippen molar-refractivity contribution in [2.45, 2.75) is 18.0 Å².